The van der Waals surface area contributed by atoms with Crippen LogP contribution >= 0.6 is 0 Å². The van der Waals surface area contributed by atoms with E-state index in [9.17, 15) is 9.90 Å². The average molecular weight is 342 g/mol. The fourth-order valence-corrected chi connectivity index (χ4v) is 4.86. The first kappa shape index (κ1) is 18.2. The molecule has 25 heavy (non-hydrogen) atoms. The lowest BCUT2D eigenvalue weighted by Crippen LogP contribution is -2.50. The molecule has 0 aliphatic heterocycles. The Balaban J connectivity index is 1.94. The highest BCUT2D eigenvalue weighted by molar-refractivity contribution is 5.89. The zero-order chi connectivity index (χ0) is 18.2. The molecule has 0 radical (unpaired) electrons. The second kappa shape index (κ2) is 6.60. The van der Waals surface area contributed by atoms with Gasteiger partial charge in [-0.25, -0.2) is 4.79 Å². The van der Waals surface area contributed by atoms with E-state index >= 15 is 0 Å². The van der Waals surface area contributed by atoms with E-state index in [-0.39, 0.29) is 29.3 Å². The summed E-state index contributed by atoms with van der Waals surface area (Å²) >= 11 is 0. The molecule has 0 aromatic heterocycles. The monoisotopic (exact) mass is 342 g/mol. The zero-order valence-electron chi connectivity index (χ0n) is 15.8. The molecule has 0 unspecified atom stereocenters. The fourth-order valence-electron chi connectivity index (χ4n) is 4.86. The van der Waals surface area contributed by atoms with Crippen molar-refractivity contribution in [2.24, 2.45) is 17.3 Å². The maximum absolute atomic E-state index is 12.7. The first-order valence-electron chi connectivity index (χ1n) is 9.40. The molecule has 0 saturated heterocycles. The number of esters is 1. The molecular formula is C22H30O3. The number of ether oxygens (including phenoxy) is 1. The first-order valence-corrected chi connectivity index (χ1v) is 9.40. The van der Waals surface area contributed by atoms with Gasteiger partial charge in [0, 0.05) is 12.3 Å². The van der Waals surface area contributed by atoms with Crippen molar-refractivity contribution in [3.05, 3.63) is 47.5 Å². The Kier molecular flexibility index (Phi) is 4.80. The average Bonchev–Trinajstić information content (AvgIpc) is 2.79. The minimum Gasteiger partial charge on any atom is -0.458 e. The molecule has 0 bridgehead atoms. The predicted octanol–water partition coefficient (Wildman–Crippen LogP) is 4.76. The number of carbonyl (C=O) groups excluding carboxylic acids is 1. The number of hydrogen-bond acceptors (Lipinski definition) is 3. The summed E-state index contributed by atoms with van der Waals surface area (Å²) < 4.78 is 6.01. The van der Waals surface area contributed by atoms with Crippen LogP contribution in [0.2, 0.25) is 0 Å². The third-order valence-corrected chi connectivity index (χ3v) is 6.47. The van der Waals surface area contributed by atoms with Gasteiger partial charge in [-0.2, -0.15) is 0 Å². The van der Waals surface area contributed by atoms with Crippen LogP contribution in [0.1, 0.15) is 63.7 Å². The quantitative estimate of drug-likeness (QED) is 0.636. The van der Waals surface area contributed by atoms with Crippen molar-refractivity contribution < 1.29 is 14.6 Å². The Morgan fingerprint density at radius 3 is 2.56 bits per heavy atom. The van der Waals surface area contributed by atoms with Gasteiger partial charge >= 0.3 is 5.97 Å². The molecule has 1 fully saturated rings. The smallest absolute Gasteiger partial charge is 0.338 e. The number of allylic oxidation sites excluding steroid dienone is 1. The van der Waals surface area contributed by atoms with Crippen LogP contribution in [-0.2, 0) is 4.74 Å². The van der Waals surface area contributed by atoms with Gasteiger partial charge in [-0.3, -0.25) is 0 Å². The van der Waals surface area contributed by atoms with Crippen molar-refractivity contribution in [1.82, 2.24) is 0 Å². The van der Waals surface area contributed by atoms with Crippen LogP contribution in [-0.4, -0.2) is 22.8 Å². The summed E-state index contributed by atoms with van der Waals surface area (Å²) in [5, 5.41) is 11.5. The second-order valence-corrected chi connectivity index (χ2v) is 8.55. The largest absolute Gasteiger partial charge is 0.458 e. The Bertz CT molecular complexity index is 663. The van der Waals surface area contributed by atoms with Gasteiger partial charge in [-0.05, 0) is 49.7 Å². The summed E-state index contributed by atoms with van der Waals surface area (Å²) in [6.07, 6.45) is 5.38. The normalized spacial score (nSPS) is 35.0. The summed E-state index contributed by atoms with van der Waals surface area (Å²) in [6.45, 7) is 8.50. The molecule has 1 aromatic carbocycles. The zero-order valence-corrected chi connectivity index (χ0v) is 15.8. The Hall–Kier alpha value is -1.61. The lowest BCUT2D eigenvalue weighted by molar-refractivity contribution is -0.112. The van der Waals surface area contributed by atoms with E-state index in [0.717, 1.165) is 19.3 Å². The Labute approximate surface area is 151 Å². The lowest BCUT2D eigenvalue weighted by atomic mass is 9.67. The van der Waals surface area contributed by atoms with Crippen molar-refractivity contribution in [3.8, 4) is 0 Å². The van der Waals surface area contributed by atoms with Crippen LogP contribution in [0.4, 0.5) is 0 Å². The molecule has 2 aliphatic rings. The summed E-state index contributed by atoms with van der Waals surface area (Å²) in [6, 6.07) is 9.15. The topological polar surface area (TPSA) is 46.5 Å². The maximum Gasteiger partial charge on any atom is 0.338 e. The number of benzene rings is 1. The van der Waals surface area contributed by atoms with Gasteiger partial charge in [0.1, 0.15) is 6.10 Å². The van der Waals surface area contributed by atoms with Gasteiger partial charge in [-0.1, -0.05) is 50.6 Å². The van der Waals surface area contributed by atoms with Gasteiger partial charge in [0.2, 0.25) is 0 Å². The Morgan fingerprint density at radius 2 is 1.92 bits per heavy atom. The van der Waals surface area contributed by atoms with Crippen molar-refractivity contribution in [1.29, 1.82) is 0 Å². The molecule has 1 saturated carbocycles. The molecular weight excluding hydrogens is 312 g/mol. The molecule has 3 heteroatoms. The molecule has 3 rings (SSSR count). The summed E-state index contributed by atoms with van der Waals surface area (Å²) in [5.41, 5.74) is 1.00. The van der Waals surface area contributed by atoms with Gasteiger partial charge in [0.15, 0.2) is 0 Å². The van der Waals surface area contributed by atoms with Crippen molar-refractivity contribution in [2.75, 3.05) is 0 Å². The third-order valence-electron chi connectivity index (χ3n) is 6.47. The van der Waals surface area contributed by atoms with Crippen molar-refractivity contribution in [3.63, 3.8) is 0 Å². The SMILES string of the molecule is CC1=CC[C@]2(C)CC[C@](O)(C(C)C)[C@@H]2[C@H](OC(=O)c2ccccc2)C1. The van der Waals surface area contributed by atoms with Gasteiger partial charge in [-0.15, -0.1) is 0 Å². The minimum atomic E-state index is -0.783. The summed E-state index contributed by atoms with van der Waals surface area (Å²) in [7, 11) is 0. The second-order valence-electron chi connectivity index (χ2n) is 8.55. The molecule has 4 atom stereocenters. The van der Waals surface area contributed by atoms with Crippen molar-refractivity contribution >= 4 is 5.97 Å². The van der Waals surface area contributed by atoms with Crippen LogP contribution < -0.4 is 0 Å². The van der Waals surface area contributed by atoms with Gasteiger partial charge in [0.05, 0.1) is 11.2 Å². The molecule has 1 N–H and O–H groups in total. The molecule has 136 valence electrons. The van der Waals surface area contributed by atoms with Crippen LogP contribution in [0.5, 0.6) is 0 Å². The fraction of sp³-hybridized carbons (Fsp3) is 0.591. The van der Waals surface area contributed by atoms with Crippen molar-refractivity contribution in [2.45, 2.75) is 65.1 Å². The van der Waals surface area contributed by atoms with Gasteiger partial charge in [0.25, 0.3) is 0 Å². The summed E-state index contributed by atoms with van der Waals surface area (Å²) in [5.74, 6) is -0.197. The standard InChI is InChI=1S/C22H30O3/c1-15(2)22(24)13-12-21(4)11-10-16(3)14-18(19(21)22)25-20(23)17-8-6-5-7-9-17/h5-10,15,18-19,24H,11-14H2,1-4H3/t18-,19-,21-,22+/m1/s1. The molecule has 0 heterocycles. The van der Waals surface area contributed by atoms with Crippen LogP contribution in [0.15, 0.2) is 42.0 Å². The van der Waals surface area contributed by atoms with Crippen LogP contribution in [0.3, 0.4) is 0 Å². The lowest BCUT2D eigenvalue weighted by Gasteiger charge is -2.43. The predicted molar refractivity (Wildman–Crippen MR) is 99.3 cm³/mol. The van der Waals surface area contributed by atoms with E-state index in [1.165, 1.54) is 5.57 Å². The first-order chi connectivity index (χ1) is 11.8. The highest BCUT2D eigenvalue weighted by Crippen LogP contribution is 2.58. The molecule has 2 aliphatic carbocycles. The summed E-state index contributed by atoms with van der Waals surface area (Å²) in [4.78, 5) is 12.7. The van der Waals surface area contributed by atoms with E-state index < -0.39 is 5.60 Å². The molecule has 0 amide bonds. The number of rotatable bonds is 3. The highest BCUT2D eigenvalue weighted by Gasteiger charge is 2.59. The van der Waals surface area contributed by atoms with Gasteiger partial charge < -0.3 is 9.84 Å². The highest BCUT2D eigenvalue weighted by atomic mass is 16.5. The number of aliphatic hydroxyl groups is 1. The number of hydrogen-bond donors (Lipinski definition) is 1. The van der Waals surface area contributed by atoms with E-state index in [4.69, 9.17) is 4.74 Å². The minimum absolute atomic E-state index is 0.0294. The number of carbonyl (C=O) groups is 1. The molecule has 3 nitrogen and oxygen atoms in total. The Morgan fingerprint density at radius 1 is 1.24 bits per heavy atom. The number of fused-ring (bicyclic) bond motifs is 1. The van der Waals surface area contributed by atoms with E-state index in [2.05, 4.69) is 33.8 Å². The van der Waals surface area contributed by atoms with Crippen LogP contribution in [0.25, 0.3) is 0 Å². The van der Waals surface area contributed by atoms with E-state index in [1.54, 1.807) is 12.1 Å². The van der Waals surface area contributed by atoms with Crippen LogP contribution in [0, 0.1) is 17.3 Å². The third kappa shape index (κ3) is 3.27. The molecule has 1 aromatic rings. The molecule has 0 spiro atoms. The van der Waals surface area contributed by atoms with E-state index in [0.29, 0.717) is 12.0 Å². The maximum atomic E-state index is 12.7. The van der Waals surface area contributed by atoms with E-state index in [1.807, 2.05) is 18.2 Å².